The van der Waals surface area contributed by atoms with Gasteiger partial charge in [0.15, 0.2) is 0 Å². The SMILES string of the molecule is Cc1cccn(C(C)C(=O)OCCC(C)C)c1=O. The number of ether oxygens (including phenoxy) is 1. The Balaban J connectivity index is 2.69. The van der Waals surface area contributed by atoms with E-state index in [1.54, 1.807) is 32.2 Å². The second kappa shape index (κ2) is 6.38. The first-order valence-corrected chi connectivity index (χ1v) is 6.28. The lowest BCUT2D eigenvalue weighted by Gasteiger charge is -2.15. The van der Waals surface area contributed by atoms with Gasteiger partial charge in [0.05, 0.1) is 6.61 Å². The van der Waals surface area contributed by atoms with Crippen molar-refractivity contribution >= 4 is 5.97 Å². The van der Waals surface area contributed by atoms with Crippen LogP contribution in [0.15, 0.2) is 23.1 Å². The van der Waals surface area contributed by atoms with E-state index >= 15 is 0 Å². The molecule has 0 radical (unpaired) electrons. The van der Waals surface area contributed by atoms with E-state index in [1.807, 2.05) is 0 Å². The summed E-state index contributed by atoms with van der Waals surface area (Å²) < 4.78 is 6.58. The van der Waals surface area contributed by atoms with Crippen LogP contribution >= 0.6 is 0 Å². The van der Waals surface area contributed by atoms with Gasteiger partial charge in [0.1, 0.15) is 6.04 Å². The molecule has 1 heterocycles. The van der Waals surface area contributed by atoms with Crippen LogP contribution < -0.4 is 5.56 Å². The van der Waals surface area contributed by atoms with Crippen LogP contribution in [-0.2, 0) is 9.53 Å². The van der Waals surface area contributed by atoms with Crippen LogP contribution in [0.3, 0.4) is 0 Å². The molecule has 1 atom stereocenters. The van der Waals surface area contributed by atoms with Gasteiger partial charge in [-0.1, -0.05) is 19.9 Å². The average Bonchev–Trinajstić information content (AvgIpc) is 2.31. The number of esters is 1. The third-order valence-electron chi connectivity index (χ3n) is 2.86. The zero-order valence-electron chi connectivity index (χ0n) is 11.5. The van der Waals surface area contributed by atoms with Crippen molar-refractivity contribution in [3.63, 3.8) is 0 Å². The zero-order chi connectivity index (χ0) is 13.7. The third-order valence-corrected chi connectivity index (χ3v) is 2.86. The Kier molecular flexibility index (Phi) is 5.13. The van der Waals surface area contributed by atoms with Crippen molar-refractivity contribution in [2.75, 3.05) is 6.61 Å². The van der Waals surface area contributed by atoms with Gasteiger partial charge in [-0.05, 0) is 32.3 Å². The molecule has 0 saturated heterocycles. The van der Waals surface area contributed by atoms with Crippen molar-refractivity contribution < 1.29 is 9.53 Å². The fourth-order valence-electron chi connectivity index (χ4n) is 1.56. The van der Waals surface area contributed by atoms with Gasteiger partial charge >= 0.3 is 5.97 Å². The molecule has 0 aromatic carbocycles. The number of nitrogens with zero attached hydrogens (tertiary/aromatic N) is 1. The predicted octanol–water partition coefficient (Wildman–Crippen LogP) is 2.31. The highest BCUT2D eigenvalue weighted by Crippen LogP contribution is 2.07. The van der Waals surface area contributed by atoms with Gasteiger partial charge in [0, 0.05) is 11.8 Å². The first-order valence-electron chi connectivity index (χ1n) is 6.28. The van der Waals surface area contributed by atoms with E-state index in [-0.39, 0.29) is 11.5 Å². The van der Waals surface area contributed by atoms with Crippen molar-refractivity contribution in [1.82, 2.24) is 4.57 Å². The molecule has 1 rings (SSSR count). The molecule has 0 bridgehead atoms. The number of aromatic nitrogens is 1. The maximum atomic E-state index is 11.9. The Hall–Kier alpha value is -1.58. The standard InChI is InChI=1S/C14H21NO3/c1-10(2)7-9-18-14(17)12(4)15-8-5-6-11(3)13(15)16/h5-6,8,10,12H,7,9H2,1-4H3. The molecular formula is C14H21NO3. The number of carbonyl (C=O) groups is 1. The Labute approximate surface area is 108 Å². The molecule has 0 aliphatic heterocycles. The topological polar surface area (TPSA) is 48.3 Å². The summed E-state index contributed by atoms with van der Waals surface area (Å²) in [5.41, 5.74) is 0.477. The van der Waals surface area contributed by atoms with Crippen molar-refractivity contribution in [3.05, 3.63) is 34.2 Å². The van der Waals surface area contributed by atoms with E-state index < -0.39 is 6.04 Å². The Morgan fingerprint density at radius 1 is 1.39 bits per heavy atom. The highest BCUT2D eigenvalue weighted by molar-refractivity contribution is 5.73. The minimum atomic E-state index is -0.579. The van der Waals surface area contributed by atoms with Crippen LogP contribution in [0.5, 0.6) is 0 Å². The minimum absolute atomic E-state index is 0.147. The second-order valence-electron chi connectivity index (χ2n) is 4.93. The van der Waals surface area contributed by atoms with E-state index in [0.717, 1.165) is 6.42 Å². The highest BCUT2D eigenvalue weighted by atomic mass is 16.5. The van der Waals surface area contributed by atoms with Crippen molar-refractivity contribution in [1.29, 1.82) is 0 Å². The Morgan fingerprint density at radius 2 is 2.06 bits per heavy atom. The summed E-state index contributed by atoms with van der Waals surface area (Å²) in [6, 6.07) is 2.91. The summed E-state index contributed by atoms with van der Waals surface area (Å²) in [5, 5.41) is 0. The lowest BCUT2D eigenvalue weighted by Crippen LogP contribution is -2.30. The third kappa shape index (κ3) is 3.72. The quantitative estimate of drug-likeness (QED) is 0.754. The number of carbonyl (C=O) groups excluding carboxylic acids is 1. The first-order chi connectivity index (χ1) is 8.43. The van der Waals surface area contributed by atoms with Gasteiger partial charge in [-0.25, -0.2) is 4.79 Å². The van der Waals surface area contributed by atoms with Gasteiger partial charge < -0.3 is 9.30 Å². The molecule has 0 aliphatic rings. The number of hydrogen-bond acceptors (Lipinski definition) is 3. The molecule has 0 spiro atoms. The van der Waals surface area contributed by atoms with Crippen LogP contribution in [0.1, 0.15) is 38.8 Å². The van der Waals surface area contributed by atoms with E-state index in [2.05, 4.69) is 13.8 Å². The number of pyridine rings is 1. The van der Waals surface area contributed by atoms with Crippen LogP contribution in [-0.4, -0.2) is 17.1 Å². The summed E-state index contributed by atoms with van der Waals surface area (Å²) in [5.74, 6) is 0.137. The number of hydrogen-bond donors (Lipinski definition) is 0. The fourth-order valence-corrected chi connectivity index (χ4v) is 1.56. The molecular weight excluding hydrogens is 230 g/mol. The van der Waals surface area contributed by atoms with Gasteiger partial charge in [-0.15, -0.1) is 0 Å². The predicted molar refractivity (Wildman–Crippen MR) is 70.6 cm³/mol. The molecule has 4 nitrogen and oxygen atoms in total. The summed E-state index contributed by atoms with van der Waals surface area (Å²) in [6.07, 6.45) is 2.45. The summed E-state index contributed by atoms with van der Waals surface area (Å²) in [7, 11) is 0. The minimum Gasteiger partial charge on any atom is -0.464 e. The van der Waals surface area contributed by atoms with Crippen LogP contribution in [0.2, 0.25) is 0 Å². The molecule has 0 fully saturated rings. The molecule has 1 unspecified atom stereocenters. The van der Waals surface area contributed by atoms with Crippen molar-refractivity contribution in [3.8, 4) is 0 Å². The van der Waals surface area contributed by atoms with E-state index in [9.17, 15) is 9.59 Å². The Morgan fingerprint density at radius 3 is 2.67 bits per heavy atom. The number of rotatable bonds is 5. The first kappa shape index (κ1) is 14.5. The smallest absolute Gasteiger partial charge is 0.328 e. The van der Waals surface area contributed by atoms with Gasteiger partial charge in [0.25, 0.3) is 5.56 Å². The molecule has 18 heavy (non-hydrogen) atoms. The summed E-state index contributed by atoms with van der Waals surface area (Å²) >= 11 is 0. The maximum absolute atomic E-state index is 11.9. The van der Waals surface area contributed by atoms with Gasteiger partial charge in [-0.2, -0.15) is 0 Å². The molecule has 1 aromatic rings. The number of aryl methyl sites for hydroxylation is 1. The van der Waals surface area contributed by atoms with Crippen molar-refractivity contribution in [2.45, 2.75) is 40.2 Å². The summed E-state index contributed by atoms with van der Waals surface area (Å²) in [6.45, 7) is 7.96. The zero-order valence-corrected chi connectivity index (χ0v) is 11.5. The fraction of sp³-hybridized carbons (Fsp3) is 0.571. The molecule has 1 aromatic heterocycles. The van der Waals surface area contributed by atoms with Gasteiger partial charge in [-0.3, -0.25) is 4.79 Å². The Bertz CT molecular complexity index is 462. The molecule has 4 heteroatoms. The molecule has 0 saturated carbocycles. The van der Waals surface area contributed by atoms with E-state index in [1.165, 1.54) is 4.57 Å². The monoisotopic (exact) mass is 251 g/mol. The highest BCUT2D eigenvalue weighted by Gasteiger charge is 2.17. The lowest BCUT2D eigenvalue weighted by molar-refractivity contribution is -0.147. The van der Waals surface area contributed by atoms with Gasteiger partial charge in [0.2, 0.25) is 0 Å². The van der Waals surface area contributed by atoms with Crippen LogP contribution in [0.4, 0.5) is 0 Å². The average molecular weight is 251 g/mol. The van der Waals surface area contributed by atoms with E-state index in [0.29, 0.717) is 18.1 Å². The maximum Gasteiger partial charge on any atom is 0.328 e. The van der Waals surface area contributed by atoms with E-state index in [4.69, 9.17) is 4.74 Å². The molecule has 0 N–H and O–H groups in total. The van der Waals surface area contributed by atoms with Crippen LogP contribution in [0.25, 0.3) is 0 Å². The van der Waals surface area contributed by atoms with Crippen molar-refractivity contribution in [2.24, 2.45) is 5.92 Å². The summed E-state index contributed by atoms with van der Waals surface area (Å²) in [4.78, 5) is 23.7. The molecule has 0 amide bonds. The lowest BCUT2D eigenvalue weighted by atomic mass is 10.1. The largest absolute Gasteiger partial charge is 0.464 e. The molecule has 0 aliphatic carbocycles. The van der Waals surface area contributed by atoms with Crippen LogP contribution in [0, 0.1) is 12.8 Å². The second-order valence-corrected chi connectivity index (χ2v) is 4.93. The molecule has 100 valence electrons. The normalized spacial score (nSPS) is 12.5.